The number of nitrogens with one attached hydrogen (secondary N) is 1. The maximum atomic E-state index is 13.3. The van der Waals surface area contributed by atoms with Gasteiger partial charge in [-0.05, 0) is 42.5 Å². The van der Waals surface area contributed by atoms with Crippen molar-refractivity contribution >= 4 is 33.3 Å². The van der Waals surface area contributed by atoms with Gasteiger partial charge in [-0.15, -0.1) is 0 Å². The average Bonchev–Trinajstić information content (AvgIpc) is 3.53. The molecular formula is C21H18ClFN2O5S. The molecule has 162 valence electrons. The molecule has 0 radical (unpaired) electrons. The van der Waals surface area contributed by atoms with Crippen molar-refractivity contribution in [2.45, 2.75) is 48.8 Å². The summed E-state index contributed by atoms with van der Waals surface area (Å²) in [5.74, 6) is -1.12. The zero-order valence-electron chi connectivity index (χ0n) is 16.1. The summed E-state index contributed by atoms with van der Waals surface area (Å²) in [6, 6.07) is 8.47. The maximum absolute atomic E-state index is 13.3. The first kappa shape index (κ1) is 21.4. The van der Waals surface area contributed by atoms with Gasteiger partial charge in [0.1, 0.15) is 24.1 Å². The van der Waals surface area contributed by atoms with Crippen molar-refractivity contribution in [1.29, 1.82) is 5.26 Å². The Balaban J connectivity index is 1.73. The lowest BCUT2D eigenvalue weighted by Crippen LogP contribution is -2.35. The van der Waals surface area contributed by atoms with Crippen molar-refractivity contribution in [3.05, 3.63) is 52.0 Å². The average molecular weight is 465 g/mol. The number of nitriles is 1. The fourth-order valence-corrected chi connectivity index (χ4v) is 5.01. The van der Waals surface area contributed by atoms with Crippen LogP contribution in [0.4, 0.5) is 10.1 Å². The quantitative estimate of drug-likeness (QED) is 0.624. The second kappa shape index (κ2) is 8.02. The van der Waals surface area contributed by atoms with Gasteiger partial charge < -0.3 is 9.84 Å². The summed E-state index contributed by atoms with van der Waals surface area (Å²) in [4.78, 5) is 11.2. The van der Waals surface area contributed by atoms with Crippen LogP contribution in [0.1, 0.15) is 53.1 Å². The number of hydrogen-bond acceptors (Lipinski definition) is 5. The second-order valence-electron chi connectivity index (χ2n) is 7.69. The fraction of sp³-hybridized carbons (Fsp3) is 0.333. The molecule has 2 aliphatic carbocycles. The van der Waals surface area contributed by atoms with Gasteiger partial charge in [-0.1, -0.05) is 17.7 Å². The molecular weight excluding hydrogens is 447 g/mol. The lowest BCUT2D eigenvalue weighted by atomic mass is 9.93. The number of anilines is 1. The van der Waals surface area contributed by atoms with Gasteiger partial charge in [0.05, 0.1) is 26.7 Å². The third kappa shape index (κ3) is 4.45. The van der Waals surface area contributed by atoms with E-state index in [1.165, 1.54) is 24.3 Å². The summed E-state index contributed by atoms with van der Waals surface area (Å²) in [6.07, 6.45) is 0.578. The highest BCUT2D eigenvalue weighted by atomic mass is 35.5. The Kier molecular flexibility index (Phi) is 5.54. The highest BCUT2D eigenvalue weighted by molar-refractivity contribution is 7.92. The minimum Gasteiger partial charge on any atom is -0.488 e. The molecule has 0 amide bonds. The van der Waals surface area contributed by atoms with Crippen LogP contribution in [0, 0.1) is 11.3 Å². The van der Waals surface area contributed by atoms with E-state index in [2.05, 4.69) is 4.72 Å². The molecule has 4 rings (SSSR count). The number of sulfonamides is 1. The number of aromatic carboxylic acids is 1. The van der Waals surface area contributed by atoms with Crippen molar-refractivity contribution in [2.75, 3.05) is 4.72 Å². The highest BCUT2D eigenvalue weighted by Crippen LogP contribution is 2.44. The summed E-state index contributed by atoms with van der Waals surface area (Å²) < 4.78 is 47.8. The van der Waals surface area contributed by atoms with Crippen LogP contribution in [-0.4, -0.2) is 31.8 Å². The Morgan fingerprint density at radius 3 is 2.55 bits per heavy atom. The maximum Gasteiger partial charge on any atom is 0.335 e. The van der Waals surface area contributed by atoms with Gasteiger partial charge in [0.25, 0.3) is 10.0 Å². The number of halogens is 2. The number of carboxylic acids is 1. The number of nitrogens with zero attached hydrogens (tertiary/aromatic N) is 1. The summed E-state index contributed by atoms with van der Waals surface area (Å²) in [5.41, 5.74) is 0.392. The Morgan fingerprint density at radius 1 is 1.26 bits per heavy atom. The minimum absolute atomic E-state index is 0.0225. The number of alkyl halides is 1. The molecule has 2 aliphatic rings. The van der Waals surface area contributed by atoms with Gasteiger partial charge in [-0.2, -0.15) is 5.26 Å². The smallest absolute Gasteiger partial charge is 0.335 e. The van der Waals surface area contributed by atoms with E-state index >= 15 is 0 Å². The van der Waals surface area contributed by atoms with Crippen molar-refractivity contribution in [3.8, 4) is 11.8 Å². The van der Waals surface area contributed by atoms with Crippen LogP contribution in [0.25, 0.3) is 0 Å². The number of hydrogen-bond donors (Lipinski definition) is 2. The molecule has 2 aromatic carbocycles. The molecule has 10 heteroatoms. The predicted octanol–water partition coefficient (Wildman–Crippen LogP) is 4.47. The fourth-order valence-electron chi connectivity index (χ4n) is 3.43. The Bertz CT molecular complexity index is 1200. The first-order valence-corrected chi connectivity index (χ1v) is 11.5. The van der Waals surface area contributed by atoms with Gasteiger partial charge in [-0.3, -0.25) is 4.72 Å². The van der Waals surface area contributed by atoms with Crippen LogP contribution < -0.4 is 9.46 Å². The van der Waals surface area contributed by atoms with E-state index in [1.807, 2.05) is 6.07 Å². The molecule has 0 bridgehead atoms. The lowest BCUT2D eigenvalue weighted by Gasteiger charge is -2.31. The topological polar surface area (TPSA) is 116 Å². The molecule has 0 unspecified atom stereocenters. The summed E-state index contributed by atoms with van der Waals surface area (Å²) in [5, 5.41) is 18.6. The molecule has 0 atom stereocenters. The van der Waals surface area contributed by atoms with Gasteiger partial charge in [0, 0.05) is 18.9 Å². The standard InChI is InChI=1S/C21H18ClFN2O5S/c22-17-9-19(30-15-7-14(23)8-15)18(5-13(17)10-24)25-31(28,29)20-6-12(21(26)27)3-4-16(20)11-1-2-11/h3-6,9,11,14-15,25H,1-2,7-8H2,(H,26,27). The molecule has 2 aromatic rings. The third-order valence-electron chi connectivity index (χ3n) is 5.33. The van der Waals surface area contributed by atoms with Gasteiger partial charge in [0.2, 0.25) is 0 Å². The van der Waals surface area contributed by atoms with Gasteiger partial charge in [-0.25, -0.2) is 17.6 Å². The molecule has 0 aromatic heterocycles. The number of carbonyl (C=O) groups is 1. The second-order valence-corrected chi connectivity index (χ2v) is 9.74. The van der Waals surface area contributed by atoms with Crippen molar-refractivity contribution < 1.29 is 27.4 Å². The van der Waals surface area contributed by atoms with Crippen LogP contribution in [0.5, 0.6) is 5.75 Å². The Hall–Kier alpha value is -2.83. The number of rotatable bonds is 7. The molecule has 31 heavy (non-hydrogen) atoms. The number of carboxylic acid groups (broad SMARTS) is 1. The Morgan fingerprint density at radius 2 is 1.97 bits per heavy atom. The van der Waals surface area contributed by atoms with Crippen LogP contribution in [0.15, 0.2) is 35.2 Å². The summed E-state index contributed by atoms with van der Waals surface area (Å²) in [7, 11) is -4.22. The molecule has 0 aliphatic heterocycles. The van der Waals surface area contributed by atoms with Crippen LogP contribution in [0.2, 0.25) is 5.02 Å². The van der Waals surface area contributed by atoms with E-state index in [1.54, 1.807) is 0 Å². The predicted molar refractivity (Wildman–Crippen MR) is 111 cm³/mol. The highest BCUT2D eigenvalue weighted by Gasteiger charge is 2.34. The van der Waals surface area contributed by atoms with Crippen molar-refractivity contribution in [1.82, 2.24) is 0 Å². The zero-order chi connectivity index (χ0) is 22.3. The largest absolute Gasteiger partial charge is 0.488 e. The molecule has 2 saturated carbocycles. The van der Waals surface area contributed by atoms with E-state index in [0.717, 1.165) is 18.9 Å². The lowest BCUT2D eigenvalue weighted by molar-refractivity contribution is 0.0415. The monoisotopic (exact) mass is 464 g/mol. The normalized spacial score (nSPS) is 20.4. The summed E-state index contributed by atoms with van der Waals surface area (Å²) in [6.45, 7) is 0. The van der Waals surface area contributed by atoms with Gasteiger partial charge in [0.15, 0.2) is 0 Å². The molecule has 0 saturated heterocycles. The number of ether oxygens (including phenoxy) is 1. The van der Waals surface area contributed by atoms with Crippen molar-refractivity contribution in [2.24, 2.45) is 0 Å². The number of benzene rings is 2. The Labute approximate surface area is 183 Å². The third-order valence-corrected chi connectivity index (χ3v) is 7.07. The SMILES string of the molecule is N#Cc1cc(NS(=O)(=O)c2cc(C(=O)O)ccc2C2CC2)c(OC2CC(F)C2)cc1Cl. The van der Waals surface area contributed by atoms with E-state index in [4.69, 9.17) is 16.3 Å². The minimum atomic E-state index is -4.22. The van der Waals surface area contributed by atoms with Gasteiger partial charge >= 0.3 is 5.97 Å². The first-order chi connectivity index (χ1) is 14.7. The first-order valence-electron chi connectivity index (χ1n) is 9.62. The molecule has 2 fully saturated rings. The molecule has 0 spiro atoms. The zero-order valence-corrected chi connectivity index (χ0v) is 17.7. The van der Waals surface area contributed by atoms with Crippen molar-refractivity contribution in [3.63, 3.8) is 0 Å². The van der Waals surface area contributed by atoms with Crippen LogP contribution in [0.3, 0.4) is 0 Å². The van der Waals surface area contributed by atoms with E-state index in [-0.39, 0.29) is 51.2 Å². The van der Waals surface area contributed by atoms with Crippen LogP contribution >= 0.6 is 11.6 Å². The van der Waals surface area contributed by atoms with E-state index in [0.29, 0.717) is 5.56 Å². The molecule has 2 N–H and O–H groups in total. The van der Waals surface area contributed by atoms with E-state index < -0.39 is 28.3 Å². The van der Waals surface area contributed by atoms with Crippen LogP contribution in [-0.2, 0) is 10.0 Å². The molecule has 0 heterocycles. The van der Waals surface area contributed by atoms with E-state index in [9.17, 15) is 28.0 Å². The molecule has 7 nitrogen and oxygen atoms in total. The summed E-state index contributed by atoms with van der Waals surface area (Å²) >= 11 is 6.07.